The van der Waals surface area contributed by atoms with Gasteiger partial charge in [0.25, 0.3) is 5.91 Å². The van der Waals surface area contributed by atoms with Crippen LogP contribution in [0, 0.1) is 0 Å². The van der Waals surface area contributed by atoms with Crippen molar-refractivity contribution in [3.8, 4) is 0 Å². The largest absolute Gasteiger partial charge is 0.455 e. The molecule has 1 amide bonds. The fourth-order valence-corrected chi connectivity index (χ4v) is 2.22. The molecule has 2 rings (SSSR count). The molecule has 1 heterocycles. The van der Waals surface area contributed by atoms with Gasteiger partial charge in [0, 0.05) is 11.4 Å². The Balaban J connectivity index is 1.82. The lowest BCUT2D eigenvalue weighted by Crippen LogP contribution is -2.35. The van der Waals surface area contributed by atoms with E-state index in [-0.39, 0.29) is 25.0 Å². The number of carbonyl (C=O) groups excluding carboxylic acids is 2. The Hall–Kier alpha value is -2.37. The molecule has 0 bridgehead atoms. The van der Waals surface area contributed by atoms with Crippen LogP contribution < -0.4 is 5.32 Å². The van der Waals surface area contributed by atoms with Crippen molar-refractivity contribution >= 4 is 22.8 Å². The molecule has 1 atom stereocenters. The average molecular weight is 304 g/mol. The van der Waals surface area contributed by atoms with E-state index in [0.29, 0.717) is 11.3 Å². The highest BCUT2D eigenvalue weighted by atomic mass is 16.5. The first-order chi connectivity index (χ1) is 10.6. The molecule has 2 aromatic rings. The number of nitrogens with one attached hydrogen (secondary N) is 1. The second-order valence-electron chi connectivity index (χ2n) is 5.22. The zero-order valence-corrected chi connectivity index (χ0v) is 12.8. The van der Waals surface area contributed by atoms with Crippen LogP contribution in [0.2, 0.25) is 0 Å². The summed E-state index contributed by atoms with van der Waals surface area (Å²) in [4.78, 5) is 23.4. The number of rotatable bonds is 7. The van der Waals surface area contributed by atoms with Crippen LogP contribution >= 0.6 is 0 Å². The number of aromatic nitrogens is 1. The van der Waals surface area contributed by atoms with Gasteiger partial charge in [-0.2, -0.15) is 0 Å². The maximum atomic E-state index is 11.8. The number of esters is 1. The molecule has 6 nitrogen and oxygen atoms in total. The maximum absolute atomic E-state index is 11.8. The molecule has 0 aliphatic heterocycles. The third-order valence-corrected chi connectivity index (χ3v) is 3.26. The van der Waals surface area contributed by atoms with Crippen LogP contribution in [-0.2, 0) is 20.7 Å². The molecule has 22 heavy (non-hydrogen) atoms. The fourth-order valence-electron chi connectivity index (χ4n) is 2.22. The van der Waals surface area contributed by atoms with Crippen LogP contribution in [-0.4, -0.2) is 29.7 Å². The number of amides is 1. The van der Waals surface area contributed by atoms with E-state index in [9.17, 15) is 9.59 Å². The maximum Gasteiger partial charge on any atom is 0.312 e. The van der Waals surface area contributed by atoms with E-state index >= 15 is 0 Å². The third kappa shape index (κ3) is 4.31. The van der Waals surface area contributed by atoms with Crippen molar-refractivity contribution in [1.82, 2.24) is 10.5 Å². The smallest absolute Gasteiger partial charge is 0.312 e. The van der Waals surface area contributed by atoms with Gasteiger partial charge in [-0.3, -0.25) is 9.59 Å². The third-order valence-electron chi connectivity index (χ3n) is 3.26. The summed E-state index contributed by atoms with van der Waals surface area (Å²) in [5.41, 5.74) is 1.14. The summed E-state index contributed by atoms with van der Waals surface area (Å²) < 4.78 is 10.1. The summed E-state index contributed by atoms with van der Waals surface area (Å²) in [5, 5.41) is 7.41. The number of benzene rings is 1. The summed E-state index contributed by atoms with van der Waals surface area (Å²) in [7, 11) is 0. The van der Waals surface area contributed by atoms with E-state index in [1.807, 2.05) is 32.0 Å². The first-order valence-corrected chi connectivity index (χ1v) is 7.38. The van der Waals surface area contributed by atoms with E-state index in [1.54, 1.807) is 6.07 Å². The van der Waals surface area contributed by atoms with E-state index in [2.05, 4.69) is 10.5 Å². The number of carbonyl (C=O) groups is 2. The van der Waals surface area contributed by atoms with Gasteiger partial charge < -0.3 is 14.6 Å². The van der Waals surface area contributed by atoms with Crippen molar-refractivity contribution in [3.05, 3.63) is 30.0 Å². The SMILES string of the molecule is CCC[C@@H](C)NC(=O)COC(=O)Cc1noc2ccccc12. The van der Waals surface area contributed by atoms with Gasteiger partial charge in [0.05, 0.1) is 6.42 Å². The van der Waals surface area contributed by atoms with Crippen molar-refractivity contribution < 1.29 is 18.8 Å². The van der Waals surface area contributed by atoms with Crippen LogP contribution in [0.3, 0.4) is 0 Å². The molecule has 0 saturated carbocycles. The molecule has 0 radical (unpaired) electrons. The quantitative estimate of drug-likeness (QED) is 0.793. The Labute approximate surface area is 128 Å². The van der Waals surface area contributed by atoms with Crippen molar-refractivity contribution in [2.45, 2.75) is 39.2 Å². The fraction of sp³-hybridized carbons (Fsp3) is 0.438. The minimum Gasteiger partial charge on any atom is -0.455 e. The lowest BCUT2D eigenvalue weighted by Gasteiger charge is -2.12. The number of hydrogen-bond donors (Lipinski definition) is 1. The van der Waals surface area contributed by atoms with Crippen molar-refractivity contribution in [3.63, 3.8) is 0 Å². The minimum atomic E-state index is -0.502. The highest BCUT2D eigenvalue weighted by Gasteiger charge is 2.15. The molecule has 0 spiro atoms. The molecule has 0 saturated heterocycles. The molecule has 0 unspecified atom stereocenters. The van der Waals surface area contributed by atoms with Crippen LogP contribution in [0.15, 0.2) is 28.8 Å². The molecule has 0 fully saturated rings. The number of fused-ring (bicyclic) bond motifs is 1. The monoisotopic (exact) mass is 304 g/mol. The molecule has 1 N–H and O–H groups in total. The zero-order chi connectivity index (χ0) is 15.9. The first-order valence-electron chi connectivity index (χ1n) is 7.38. The van der Waals surface area contributed by atoms with Gasteiger partial charge in [-0.25, -0.2) is 0 Å². The van der Waals surface area contributed by atoms with Gasteiger partial charge in [-0.05, 0) is 25.5 Å². The Bertz CT molecular complexity index is 650. The van der Waals surface area contributed by atoms with Crippen molar-refractivity contribution in [2.24, 2.45) is 0 Å². The van der Waals surface area contributed by atoms with Gasteiger partial charge in [0.2, 0.25) is 0 Å². The molecule has 0 aliphatic carbocycles. The molecular formula is C16H20N2O4. The second kappa shape index (κ2) is 7.59. The predicted molar refractivity (Wildman–Crippen MR) is 81.2 cm³/mol. The number of hydrogen-bond acceptors (Lipinski definition) is 5. The van der Waals surface area contributed by atoms with Gasteiger partial charge in [-0.1, -0.05) is 30.6 Å². The number of nitrogens with zero attached hydrogens (tertiary/aromatic N) is 1. The topological polar surface area (TPSA) is 81.4 Å². The number of ether oxygens (including phenoxy) is 1. The highest BCUT2D eigenvalue weighted by molar-refractivity contribution is 5.85. The predicted octanol–water partition coefficient (Wildman–Crippen LogP) is 2.22. The Morgan fingerprint density at radius 2 is 2.14 bits per heavy atom. The van der Waals surface area contributed by atoms with Crippen molar-refractivity contribution in [2.75, 3.05) is 6.61 Å². The second-order valence-corrected chi connectivity index (χ2v) is 5.22. The Morgan fingerprint density at radius 1 is 1.36 bits per heavy atom. The van der Waals surface area contributed by atoms with Gasteiger partial charge in [0.1, 0.15) is 5.69 Å². The average Bonchev–Trinajstić information content (AvgIpc) is 2.89. The standard InChI is InChI=1S/C16H20N2O4/c1-3-6-11(2)17-15(19)10-21-16(20)9-13-12-7-4-5-8-14(12)22-18-13/h4-5,7-8,11H,3,6,9-10H2,1-2H3,(H,17,19)/t11-/m1/s1. The van der Waals surface area contributed by atoms with Gasteiger partial charge >= 0.3 is 5.97 Å². The summed E-state index contributed by atoms with van der Waals surface area (Å²) in [6.07, 6.45) is 1.86. The van der Waals surface area contributed by atoms with Crippen molar-refractivity contribution in [1.29, 1.82) is 0 Å². The summed E-state index contributed by atoms with van der Waals surface area (Å²) in [6, 6.07) is 7.36. The first kappa shape index (κ1) is 16.0. The molecule has 118 valence electrons. The molecule has 1 aromatic carbocycles. The molecule has 6 heteroatoms. The van der Waals surface area contributed by atoms with E-state index < -0.39 is 5.97 Å². The Morgan fingerprint density at radius 3 is 2.91 bits per heavy atom. The molecule has 1 aromatic heterocycles. The summed E-state index contributed by atoms with van der Waals surface area (Å²) in [5.74, 6) is -0.795. The molecular weight excluding hydrogens is 284 g/mol. The lowest BCUT2D eigenvalue weighted by molar-refractivity contribution is -0.148. The van der Waals surface area contributed by atoms with Crippen LogP contribution in [0.1, 0.15) is 32.4 Å². The van der Waals surface area contributed by atoms with E-state index in [4.69, 9.17) is 9.26 Å². The van der Waals surface area contributed by atoms with Gasteiger partial charge in [-0.15, -0.1) is 0 Å². The summed E-state index contributed by atoms with van der Waals surface area (Å²) >= 11 is 0. The van der Waals surface area contributed by atoms with Crippen LogP contribution in [0.4, 0.5) is 0 Å². The lowest BCUT2D eigenvalue weighted by atomic mass is 10.2. The van der Waals surface area contributed by atoms with E-state index in [1.165, 1.54) is 0 Å². The molecule has 0 aliphatic rings. The zero-order valence-electron chi connectivity index (χ0n) is 12.8. The summed E-state index contributed by atoms with van der Waals surface area (Å²) in [6.45, 7) is 3.69. The minimum absolute atomic E-state index is 0.0190. The normalized spacial score (nSPS) is 12.1. The highest BCUT2D eigenvalue weighted by Crippen LogP contribution is 2.18. The van der Waals surface area contributed by atoms with Crippen LogP contribution in [0.5, 0.6) is 0 Å². The van der Waals surface area contributed by atoms with Gasteiger partial charge in [0.15, 0.2) is 12.2 Å². The van der Waals surface area contributed by atoms with Crippen LogP contribution in [0.25, 0.3) is 11.0 Å². The Kier molecular flexibility index (Phi) is 5.52. The van der Waals surface area contributed by atoms with E-state index in [0.717, 1.165) is 18.2 Å². The number of para-hydroxylation sites is 1.